The molecule has 2 aromatic rings. The van der Waals surface area contributed by atoms with Crippen molar-refractivity contribution >= 4 is 35.0 Å². The van der Waals surface area contributed by atoms with Crippen LogP contribution in [0.3, 0.4) is 0 Å². The maximum absolute atomic E-state index is 12.1. The zero-order chi connectivity index (χ0) is 17.6. The summed E-state index contributed by atoms with van der Waals surface area (Å²) < 4.78 is 16.4. The highest BCUT2D eigenvalue weighted by atomic mass is 35.5. The third kappa shape index (κ3) is 4.74. The molecule has 132 valence electrons. The molecule has 0 fully saturated rings. The Morgan fingerprint density at radius 1 is 1.20 bits per heavy atom. The van der Waals surface area contributed by atoms with E-state index in [-0.39, 0.29) is 11.7 Å². The van der Waals surface area contributed by atoms with Crippen molar-refractivity contribution < 1.29 is 19.0 Å². The van der Waals surface area contributed by atoms with Crippen LogP contribution in [0.15, 0.2) is 41.3 Å². The lowest BCUT2D eigenvalue weighted by molar-refractivity contribution is -0.113. The van der Waals surface area contributed by atoms with Crippen molar-refractivity contribution in [1.82, 2.24) is 0 Å². The number of rotatable bonds is 5. The van der Waals surface area contributed by atoms with E-state index in [1.54, 1.807) is 25.3 Å². The maximum atomic E-state index is 12.1. The monoisotopic (exact) mass is 379 g/mol. The van der Waals surface area contributed by atoms with E-state index in [2.05, 4.69) is 5.32 Å². The summed E-state index contributed by atoms with van der Waals surface area (Å²) in [6, 6.07) is 10.8. The van der Waals surface area contributed by atoms with Gasteiger partial charge in [-0.05, 0) is 36.4 Å². The fourth-order valence-corrected chi connectivity index (χ4v) is 3.31. The van der Waals surface area contributed by atoms with Crippen molar-refractivity contribution in [3.63, 3.8) is 0 Å². The molecule has 0 aromatic heterocycles. The molecule has 0 unspecified atom stereocenters. The second-order valence-corrected chi connectivity index (χ2v) is 6.80. The van der Waals surface area contributed by atoms with Gasteiger partial charge >= 0.3 is 0 Å². The quantitative estimate of drug-likeness (QED) is 0.787. The first kappa shape index (κ1) is 17.8. The Hall–Kier alpha value is -2.05. The van der Waals surface area contributed by atoms with Crippen LogP contribution < -0.4 is 19.5 Å². The van der Waals surface area contributed by atoms with Gasteiger partial charge in [0.1, 0.15) is 5.75 Å². The fourth-order valence-electron chi connectivity index (χ4n) is 2.32. The molecule has 0 atom stereocenters. The van der Waals surface area contributed by atoms with Crippen LogP contribution in [0.5, 0.6) is 17.2 Å². The second-order valence-electron chi connectivity index (χ2n) is 5.35. The lowest BCUT2D eigenvalue weighted by atomic mass is 10.3. The molecule has 0 saturated carbocycles. The van der Waals surface area contributed by atoms with Gasteiger partial charge in [0, 0.05) is 17.0 Å². The maximum Gasteiger partial charge on any atom is 0.234 e. The molecule has 25 heavy (non-hydrogen) atoms. The highest BCUT2D eigenvalue weighted by Gasteiger charge is 2.12. The Labute approximate surface area is 155 Å². The normalized spacial score (nSPS) is 13.0. The highest BCUT2D eigenvalue weighted by Crippen LogP contribution is 2.34. The number of hydrogen-bond donors (Lipinski definition) is 1. The van der Waals surface area contributed by atoms with E-state index in [1.807, 2.05) is 18.2 Å². The van der Waals surface area contributed by atoms with Crippen molar-refractivity contribution in [1.29, 1.82) is 0 Å². The Morgan fingerprint density at radius 2 is 2.00 bits per heavy atom. The molecule has 0 spiro atoms. The first-order valence-electron chi connectivity index (χ1n) is 7.81. The topological polar surface area (TPSA) is 56.8 Å². The third-order valence-electron chi connectivity index (χ3n) is 3.52. The Balaban J connectivity index is 1.57. The number of carbonyl (C=O) groups excluding carboxylic acids is 1. The first-order valence-corrected chi connectivity index (χ1v) is 9.18. The summed E-state index contributed by atoms with van der Waals surface area (Å²) in [6.07, 6.45) is 0.865. The SMILES string of the molecule is COc1ccc(NC(=O)CSc2ccc3c(c2)OCCCO3)cc1Cl. The van der Waals surface area contributed by atoms with Crippen molar-refractivity contribution in [3.05, 3.63) is 41.4 Å². The first-order chi connectivity index (χ1) is 12.2. The van der Waals surface area contributed by atoms with E-state index < -0.39 is 0 Å². The fraction of sp³-hybridized carbons (Fsp3) is 0.278. The molecule has 2 aromatic carbocycles. The van der Waals surface area contributed by atoms with Gasteiger partial charge in [-0.2, -0.15) is 0 Å². The number of ether oxygens (including phenoxy) is 3. The molecule has 1 N–H and O–H groups in total. The summed E-state index contributed by atoms with van der Waals surface area (Å²) in [5.41, 5.74) is 0.634. The summed E-state index contributed by atoms with van der Waals surface area (Å²) in [4.78, 5) is 13.1. The highest BCUT2D eigenvalue weighted by molar-refractivity contribution is 8.00. The second kappa shape index (κ2) is 8.36. The molecule has 0 aliphatic carbocycles. The molecule has 0 saturated heterocycles. The Bertz CT molecular complexity index is 769. The summed E-state index contributed by atoms with van der Waals surface area (Å²) in [6.45, 7) is 1.30. The van der Waals surface area contributed by atoms with E-state index >= 15 is 0 Å². The molecular formula is C18H18ClNO4S. The minimum absolute atomic E-state index is 0.113. The number of carbonyl (C=O) groups is 1. The minimum Gasteiger partial charge on any atom is -0.495 e. The Kier molecular flexibility index (Phi) is 5.94. The van der Waals surface area contributed by atoms with Gasteiger partial charge in [-0.25, -0.2) is 0 Å². The van der Waals surface area contributed by atoms with Crippen molar-refractivity contribution in [2.75, 3.05) is 31.4 Å². The number of benzene rings is 2. The zero-order valence-corrected chi connectivity index (χ0v) is 15.3. The van der Waals surface area contributed by atoms with Gasteiger partial charge in [-0.1, -0.05) is 11.6 Å². The van der Waals surface area contributed by atoms with Gasteiger partial charge in [0.25, 0.3) is 0 Å². The van der Waals surface area contributed by atoms with Crippen molar-refractivity contribution in [2.45, 2.75) is 11.3 Å². The smallest absolute Gasteiger partial charge is 0.234 e. The summed E-state index contributed by atoms with van der Waals surface area (Å²) in [7, 11) is 1.55. The Morgan fingerprint density at radius 3 is 2.76 bits per heavy atom. The number of nitrogens with one attached hydrogen (secondary N) is 1. The van der Waals surface area contributed by atoms with Crippen LogP contribution >= 0.6 is 23.4 Å². The number of hydrogen-bond acceptors (Lipinski definition) is 5. The molecular weight excluding hydrogens is 362 g/mol. The lowest BCUT2D eigenvalue weighted by Crippen LogP contribution is -2.13. The number of thioether (sulfide) groups is 1. The van der Waals surface area contributed by atoms with Gasteiger partial charge < -0.3 is 19.5 Å². The molecule has 0 radical (unpaired) electrons. The van der Waals surface area contributed by atoms with E-state index in [9.17, 15) is 4.79 Å². The summed E-state index contributed by atoms with van der Waals surface area (Å²) in [5, 5.41) is 3.28. The average molecular weight is 380 g/mol. The van der Waals surface area contributed by atoms with Gasteiger partial charge in [0.2, 0.25) is 5.91 Å². The van der Waals surface area contributed by atoms with Gasteiger partial charge in [0.05, 0.1) is 31.1 Å². The zero-order valence-electron chi connectivity index (χ0n) is 13.7. The standard InChI is InChI=1S/C18H18ClNO4S/c1-22-15-5-3-12(9-14(15)19)20-18(21)11-25-13-4-6-16-17(10-13)24-8-2-7-23-16/h3-6,9-10H,2,7-8,11H2,1H3,(H,20,21). The molecule has 3 rings (SSSR count). The van der Waals surface area contributed by atoms with E-state index in [1.165, 1.54) is 11.8 Å². The van der Waals surface area contributed by atoms with Crippen LogP contribution in [0.1, 0.15) is 6.42 Å². The van der Waals surface area contributed by atoms with E-state index in [4.69, 9.17) is 25.8 Å². The number of halogens is 1. The number of amides is 1. The molecule has 1 heterocycles. The van der Waals surface area contributed by atoms with Gasteiger partial charge in [0.15, 0.2) is 11.5 Å². The molecule has 0 bridgehead atoms. The van der Waals surface area contributed by atoms with Crippen LogP contribution in [0.4, 0.5) is 5.69 Å². The predicted molar refractivity (Wildman–Crippen MR) is 99.4 cm³/mol. The van der Waals surface area contributed by atoms with Crippen LogP contribution in [0, 0.1) is 0 Å². The van der Waals surface area contributed by atoms with Gasteiger partial charge in [-0.15, -0.1) is 11.8 Å². The molecule has 1 amide bonds. The molecule has 1 aliphatic rings. The molecule has 7 heteroatoms. The van der Waals surface area contributed by atoms with Crippen LogP contribution in [-0.2, 0) is 4.79 Å². The van der Waals surface area contributed by atoms with Crippen molar-refractivity contribution in [2.24, 2.45) is 0 Å². The summed E-state index contributed by atoms with van der Waals surface area (Å²) in [5.74, 6) is 2.21. The number of anilines is 1. The van der Waals surface area contributed by atoms with E-state index in [0.717, 1.165) is 22.8 Å². The van der Waals surface area contributed by atoms with Crippen molar-refractivity contribution in [3.8, 4) is 17.2 Å². The van der Waals surface area contributed by atoms with Gasteiger partial charge in [-0.3, -0.25) is 4.79 Å². The largest absolute Gasteiger partial charge is 0.495 e. The van der Waals surface area contributed by atoms with Crippen LogP contribution in [-0.4, -0.2) is 32.0 Å². The average Bonchev–Trinajstić information content (AvgIpc) is 2.85. The van der Waals surface area contributed by atoms with Crippen LogP contribution in [0.2, 0.25) is 5.02 Å². The van der Waals surface area contributed by atoms with E-state index in [0.29, 0.717) is 29.7 Å². The third-order valence-corrected chi connectivity index (χ3v) is 4.81. The number of fused-ring (bicyclic) bond motifs is 1. The molecule has 1 aliphatic heterocycles. The minimum atomic E-state index is -0.113. The summed E-state index contributed by atoms with van der Waals surface area (Å²) >= 11 is 7.49. The van der Waals surface area contributed by atoms with Crippen LogP contribution in [0.25, 0.3) is 0 Å². The molecule has 5 nitrogen and oxygen atoms in total. The predicted octanol–water partition coefficient (Wildman–Crippen LogP) is 4.24. The number of methoxy groups -OCH3 is 1. The lowest BCUT2D eigenvalue weighted by Gasteiger charge is -2.10.